The molecule has 40 heavy (non-hydrogen) atoms. The number of nitrogens with zero attached hydrogens (tertiary/aromatic N) is 7. The Balaban J connectivity index is 1.44. The summed E-state index contributed by atoms with van der Waals surface area (Å²) in [4.78, 5) is 24.1. The highest BCUT2D eigenvalue weighted by atomic mass is 35.5. The predicted octanol–water partition coefficient (Wildman–Crippen LogP) is 4.78. The van der Waals surface area contributed by atoms with Crippen molar-refractivity contribution in [3.63, 3.8) is 0 Å². The highest BCUT2D eigenvalue weighted by Gasteiger charge is 2.38. The van der Waals surface area contributed by atoms with E-state index in [2.05, 4.69) is 26.7 Å². The summed E-state index contributed by atoms with van der Waals surface area (Å²) in [6.45, 7) is 5.30. The first-order chi connectivity index (χ1) is 19.1. The Morgan fingerprint density at radius 1 is 1.02 bits per heavy atom. The van der Waals surface area contributed by atoms with E-state index in [0.717, 1.165) is 31.0 Å². The second-order valence-corrected chi connectivity index (χ2v) is 10.6. The van der Waals surface area contributed by atoms with Crippen LogP contribution < -0.4 is 14.7 Å². The first kappa shape index (κ1) is 28.3. The summed E-state index contributed by atoms with van der Waals surface area (Å²) in [6.07, 6.45) is 2.14. The van der Waals surface area contributed by atoms with E-state index in [9.17, 15) is 13.2 Å². The van der Waals surface area contributed by atoms with Crippen LogP contribution in [0.15, 0.2) is 36.8 Å². The van der Waals surface area contributed by atoms with E-state index in [0.29, 0.717) is 48.2 Å². The fourth-order valence-electron chi connectivity index (χ4n) is 5.32. The van der Waals surface area contributed by atoms with Crippen LogP contribution in [0, 0.1) is 0 Å². The van der Waals surface area contributed by atoms with Crippen LogP contribution in [0.25, 0.3) is 11.3 Å². The zero-order chi connectivity index (χ0) is 28.4. The number of aliphatic hydroxyl groups is 1. The van der Waals surface area contributed by atoms with Crippen LogP contribution in [-0.4, -0.2) is 70.1 Å². The summed E-state index contributed by atoms with van der Waals surface area (Å²) >= 11 is 6.21. The van der Waals surface area contributed by atoms with E-state index < -0.39 is 18.5 Å². The smallest absolute Gasteiger partial charge is 0.371 e. The Bertz CT molecular complexity index is 1350. The van der Waals surface area contributed by atoms with Crippen LogP contribution >= 0.6 is 11.6 Å². The summed E-state index contributed by atoms with van der Waals surface area (Å²) in [5, 5.41) is 9.35. The molecule has 2 fully saturated rings. The fraction of sp³-hybridized carbons (Fsp3) is 0.481. The van der Waals surface area contributed by atoms with Crippen molar-refractivity contribution < 1.29 is 23.0 Å². The number of alkyl halides is 3. The Labute approximate surface area is 235 Å². The first-order valence-corrected chi connectivity index (χ1v) is 13.5. The third-order valence-corrected chi connectivity index (χ3v) is 7.53. The van der Waals surface area contributed by atoms with Crippen LogP contribution in [0.2, 0.25) is 5.02 Å². The molecule has 214 valence electrons. The van der Waals surface area contributed by atoms with Crippen molar-refractivity contribution in [1.29, 1.82) is 0 Å². The van der Waals surface area contributed by atoms with Crippen LogP contribution in [0.5, 0.6) is 0 Å². The molecule has 2 aliphatic heterocycles. The molecule has 0 aromatic carbocycles. The second-order valence-electron chi connectivity index (χ2n) is 10.2. The SMILES string of the molecule is C[C@H]1CN(c2ncc(COCO)cc2C(F)(F)F)CCN1c1cc(-c2cncc(Cl)c2)nc(N2CCC[C@@H]2C)n1. The molecular weight excluding hydrogens is 547 g/mol. The van der Waals surface area contributed by atoms with Gasteiger partial charge in [-0.1, -0.05) is 11.6 Å². The monoisotopic (exact) mass is 577 g/mol. The minimum Gasteiger partial charge on any atom is -0.371 e. The number of anilines is 3. The molecule has 0 radical (unpaired) electrons. The Morgan fingerprint density at radius 2 is 1.85 bits per heavy atom. The lowest BCUT2D eigenvalue weighted by molar-refractivity contribution is -0.137. The summed E-state index contributed by atoms with van der Waals surface area (Å²) in [6, 6.07) is 4.86. The molecule has 2 saturated heterocycles. The number of hydrogen-bond acceptors (Lipinski definition) is 9. The molecule has 0 saturated carbocycles. The zero-order valence-corrected chi connectivity index (χ0v) is 23.0. The number of pyridine rings is 2. The van der Waals surface area contributed by atoms with Crippen molar-refractivity contribution in [2.75, 3.05) is 47.7 Å². The molecule has 9 nitrogen and oxygen atoms in total. The normalized spacial score (nSPS) is 19.9. The molecule has 13 heteroatoms. The van der Waals surface area contributed by atoms with Gasteiger partial charge >= 0.3 is 6.18 Å². The van der Waals surface area contributed by atoms with Gasteiger partial charge in [0.2, 0.25) is 5.95 Å². The Morgan fingerprint density at radius 3 is 2.52 bits per heavy atom. The van der Waals surface area contributed by atoms with E-state index in [-0.39, 0.29) is 24.0 Å². The molecule has 0 spiro atoms. The van der Waals surface area contributed by atoms with Gasteiger partial charge < -0.3 is 24.5 Å². The standard InChI is InChI=1S/C27H31ClF3N7O2/c1-17-4-3-5-38(17)26-34-23(20-9-21(28)13-32-12-20)10-24(35-26)37-7-6-36(14-18(37)2)25-22(27(29,30)31)8-19(11-33-25)15-40-16-39/h8-13,17-18,39H,3-7,14-16H2,1-2H3/t17-,18-/m0/s1. The number of halogens is 4. The van der Waals surface area contributed by atoms with E-state index in [1.807, 2.05) is 13.0 Å². The highest BCUT2D eigenvalue weighted by Crippen LogP contribution is 2.37. The molecule has 2 aliphatic rings. The molecule has 3 aromatic heterocycles. The Hall–Kier alpha value is -3.22. The van der Waals surface area contributed by atoms with Gasteiger partial charge in [0.15, 0.2) is 0 Å². The number of rotatable bonds is 7. The lowest BCUT2D eigenvalue weighted by Crippen LogP contribution is -2.53. The van der Waals surface area contributed by atoms with E-state index in [1.54, 1.807) is 23.4 Å². The van der Waals surface area contributed by atoms with Crippen LogP contribution in [-0.2, 0) is 17.5 Å². The van der Waals surface area contributed by atoms with Crippen LogP contribution in [0.1, 0.15) is 37.8 Å². The molecule has 0 amide bonds. The topological polar surface area (TPSA) is 90.7 Å². The molecular formula is C27H31ClF3N7O2. The quantitative estimate of drug-likeness (QED) is 0.399. The van der Waals surface area contributed by atoms with Gasteiger partial charge in [-0.25, -0.2) is 9.97 Å². The molecule has 2 atom stereocenters. The van der Waals surface area contributed by atoms with E-state index in [4.69, 9.17) is 31.4 Å². The molecule has 0 aliphatic carbocycles. The number of aromatic nitrogens is 4. The molecule has 0 unspecified atom stereocenters. The van der Waals surface area contributed by atoms with E-state index in [1.165, 1.54) is 6.20 Å². The largest absolute Gasteiger partial charge is 0.419 e. The first-order valence-electron chi connectivity index (χ1n) is 13.2. The van der Waals surface area contributed by atoms with Gasteiger partial charge in [-0.2, -0.15) is 18.2 Å². The molecule has 5 rings (SSSR count). The van der Waals surface area contributed by atoms with E-state index >= 15 is 0 Å². The van der Waals surface area contributed by atoms with Crippen LogP contribution in [0.3, 0.4) is 0 Å². The third-order valence-electron chi connectivity index (χ3n) is 7.32. The van der Waals surface area contributed by atoms with Crippen molar-refractivity contribution in [3.8, 4) is 11.3 Å². The highest BCUT2D eigenvalue weighted by molar-refractivity contribution is 6.30. The van der Waals surface area contributed by atoms with Crippen molar-refractivity contribution in [2.24, 2.45) is 0 Å². The average Bonchev–Trinajstić information content (AvgIpc) is 3.36. The number of hydrogen-bond donors (Lipinski definition) is 1. The molecule has 3 aromatic rings. The minimum absolute atomic E-state index is 0.119. The minimum atomic E-state index is -4.59. The summed E-state index contributed by atoms with van der Waals surface area (Å²) in [7, 11) is 0. The molecule has 0 bridgehead atoms. The fourth-order valence-corrected chi connectivity index (χ4v) is 5.50. The van der Waals surface area contributed by atoms with Gasteiger partial charge in [0.1, 0.15) is 18.4 Å². The van der Waals surface area contributed by atoms with Crippen molar-refractivity contribution >= 4 is 29.2 Å². The van der Waals surface area contributed by atoms with Gasteiger partial charge in [-0.3, -0.25) is 4.98 Å². The van der Waals surface area contributed by atoms with Crippen molar-refractivity contribution in [1.82, 2.24) is 19.9 Å². The molecule has 5 heterocycles. The van der Waals surface area contributed by atoms with Gasteiger partial charge in [-0.05, 0) is 44.4 Å². The number of piperazine rings is 1. The van der Waals surface area contributed by atoms with Crippen molar-refractivity contribution in [2.45, 2.75) is 51.6 Å². The summed E-state index contributed by atoms with van der Waals surface area (Å²) in [5.41, 5.74) is 0.866. The maximum atomic E-state index is 14.0. The lowest BCUT2D eigenvalue weighted by atomic mass is 10.1. The number of ether oxygens (including phenoxy) is 1. The third kappa shape index (κ3) is 6.08. The maximum Gasteiger partial charge on any atom is 0.419 e. The van der Waals surface area contributed by atoms with Gasteiger partial charge in [0.05, 0.1) is 22.9 Å². The lowest BCUT2D eigenvalue weighted by Gasteiger charge is -2.42. The average molecular weight is 578 g/mol. The van der Waals surface area contributed by atoms with Crippen molar-refractivity contribution in [3.05, 3.63) is 52.9 Å². The second kappa shape index (κ2) is 11.7. The maximum absolute atomic E-state index is 14.0. The summed E-state index contributed by atoms with van der Waals surface area (Å²) in [5.74, 6) is 1.20. The molecule has 1 N–H and O–H groups in total. The number of aliphatic hydroxyl groups excluding tert-OH is 1. The van der Waals surface area contributed by atoms with Gasteiger partial charge in [0.25, 0.3) is 0 Å². The van der Waals surface area contributed by atoms with Crippen LogP contribution in [0.4, 0.5) is 30.8 Å². The predicted molar refractivity (Wildman–Crippen MR) is 146 cm³/mol. The van der Waals surface area contributed by atoms with Gasteiger partial charge in [0, 0.05) is 68.5 Å². The summed E-state index contributed by atoms with van der Waals surface area (Å²) < 4.78 is 46.9. The Kier molecular flexibility index (Phi) is 8.29. The zero-order valence-electron chi connectivity index (χ0n) is 22.3. The van der Waals surface area contributed by atoms with Gasteiger partial charge in [-0.15, -0.1) is 0 Å².